The highest BCUT2D eigenvalue weighted by Gasteiger charge is 2.35. The minimum absolute atomic E-state index is 0.0272. The van der Waals surface area contributed by atoms with Crippen LogP contribution in [0.5, 0.6) is 0 Å². The molecule has 0 aromatic rings. The van der Waals surface area contributed by atoms with Gasteiger partial charge in [0.25, 0.3) is 0 Å². The maximum atomic E-state index is 11.7. The molecule has 0 aliphatic heterocycles. The highest BCUT2D eigenvalue weighted by atomic mass is 32.2. The molecule has 0 rings (SSSR count). The van der Waals surface area contributed by atoms with Crippen LogP contribution < -0.4 is 0 Å². The second-order valence-electron chi connectivity index (χ2n) is 5.71. The molecule has 0 aromatic heterocycles. The summed E-state index contributed by atoms with van der Waals surface area (Å²) < 4.78 is 34.1. The molecule has 0 heterocycles. The summed E-state index contributed by atoms with van der Waals surface area (Å²) in [6.07, 6.45) is 1.49. The monoisotopic (exact) mass is 266 g/mol. The molecule has 0 radical (unpaired) electrons. The van der Waals surface area contributed by atoms with Gasteiger partial charge in [0, 0.05) is 0 Å². The first-order valence-corrected chi connectivity index (χ1v) is 7.13. The van der Waals surface area contributed by atoms with Crippen LogP contribution in [0.25, 0.3) is 0 Å². The lowest BCUT2D eigenvalue weighted by Crippen LogP contribution is -2.33. The third-order valence-electron chi connectivity index (χ3n) is 2.77. The molecule has 0 aromatic carbocycles. The van der Waals surface area contributed by atoms with E-state index in [2.05, 4.69) is 4.74 Å². The van der Waals surface area contributed by atoms with Crippen LogP contribution in [0, 0.1) is 10.8 Å². The summed E-state index contributed by atoms with van der Waals surface area (Å²) in [5.74, 6) is -1.60. The molecule has 0 amide bonds. The molecule has 0 fully saturated rings. The van der Waals surface area contributed by atoms with E-state index in [1.807, 2.05) is 20.8 Å². The first kappa shape index (κ1) is 16.4. The summed E-state index contributed by atoms with van der Waals surface area (Å²) in [6, 6.07) is 0. The Morgan fingerprint density at radius 1 is 1.24 bits per heavy atom. The molecule has 6 heteroatoms. The van der Waals surface area contributed by atoms with Crippen molar-refractivity contribution in [3.63, 3.8) is 0 Å². The summed E-state index contributed by atoms with van der Waals surface area (Å²) in [5, 5.41) is 0. The lowest BCUT2D eigenvalue weighted by atomic mass is 9.74. The Morgan fingerprint density at radius 2 is 1.71 bits per heavy atom. The fourth-order valence-electron chi connectivity index (χ4n) is 1.72. The topological polar surface area (TPSA) is 80.7 Å². The predicted octanol–water partition coefficient (Wildman–Crippen LogP) is 2.23. The van der Waals surface area contributed by atoms with Gasteiger partial charge in [-0.15, -0.1) is 0 Å². The molecule has 0 saturated heterocycles. The highest BCUT2D eigenvalue weighted by Crippen LogP contribution is 2.36. The van der Waals surface area contributed by atoms with E-state index in [0.29, 0.717) is 6.42 Å². The van der Waals surface area contributed by atoms with E-state index in [9.17, 15) is 13.2 Å². The quantitative estimate of drug-likeness (QED) is 0.589. The summed E-state index contributed by atoms with van der Waals surface area (Å²) in [4.78, 5) is 11.7. The van der Waals surface area contributed by atoms with Crippen molar-refractivity contribution >= 4 is 16.1 Å². The zero-order valence-corrected chi connectivity index (χ0v) is 11.9. The normalized spacial score (nSPS) is 13.5. The second kappa shape index (κ2) is 5.35. The molecule has 1 N–H and O–H groups in total. The molecule has 0 aliphatic carbocycles. The van der Waals surface area contributed by atoms with E-state index < -0.39 is 27.4 Å². The van der Waals surface area contributed by atoms with Gasteiger partial charge in [-0.25, -0.2) is 0 Å². The van der Waals surface area contributed by atoms with E-state index in [0.717, 1.165) is 6.42 Å². The Hall–Kier alpha value is -0.620. The van der Waals surface area contributed by atoms with Crippen LogP contribution in [-0.2, 0) is 19.6 Å². The molecule has 17 heavy (non-hydrogen) atoms. The van der Waals surface area contributed by atoms with Gasteiger partial charge in [0.2, 0.25) is 5.94 Å². The van der Waals surface area contributed by atoms with Gasteiger partial charge in [-0.05, 0) is 25.7 Å². The molecule has 102 valence electrons. The van der Waals surface area contributed by atoms with Crippen molar-refractivity contribution in [1.82, 2.24) is 0 Å². The van der Waals surface area contributed by atoms with E-state index >= 15 is 0 Å². The van der Waals surface area contributed by atoms with Gasteiger partial charge < -0.3 is 4.74 Å². The number of hydrogen-bond acceptors (Lipinski definition) is 4. The van der Waals surface area contributed by atoms with Crippen molar-refractivity contribution in [2.45, 2.75) is 47.5 Å². The Balaban J connectivity index is 4.56. The fourth-order valence-corrected chi connectivity index (χ4v) is 1.97. The average Bonchev–Trinajstić information content (AvgIpc) is 2.11. The summed E-state index contributed by atoms with van der Waals surface area (Å²) in [7, 11) is -4.27. The van der Waals surface area contributed by atoms with Gasteiger partial charge in [0.15, 0.2) is 0 Å². The number of rotatable bonds is 6. The first-order chi connectivity index (χ1) is 7.40. The van der Waals surface area contributed by atoms with Crippen LogP contribution in [0.2, 0.25) is 0 Å². The lowest BCUT2D eigenvalue weighted by molar-refractivity contribution is -0.153. The smallest absolute Gasteiger partial charge is 0.312 e. The Bertz CT molecular complexity index is 367. The molecular weight excluding hydrogens is 244 g/mol. The van der Waals surface area contributed by atoms with Crippen molar-refractivity contribution in [1.29, 1.82) is 0 Å². The van der Waals surface area contributed by atoms with Crippen LogP contribution in [0.4, 0.5) is 0 Å². The second-order valence-corrected chi connectivity index (χ2v) is 7.11. The van der Waals surface area contributed by atoms with Gasteiger partial charge in [-0.3, -0.25) is 9.35 Å². The standard InChI is InChI=1S/C11H22O5S/c1-6-10(2,3)7-11(4,5)9(12)16-8-17(13,14)15/h6-8H2,1-5H3,(H,13,14,15). The van der Waals surface area contributed by atoms with Crippen LogP contribution in [-0.4, -0.2) is 24.9 Å². The molecule has 5 nitrogen and oxygen atoms in total. The van der Waals surface area contributed by atoms with Crippen molar-refractivity contribution < 1.29 is 22.5 Å². The fraction of sp³-hybridized carbons (Fsp3) is 0.909. The van der Waals surface area contributed by atoms with Gasteiger partial charge >= 0.3 is 16.1 Å². The number of carbonyl (C=O) groups excluding carboxylic acids is 1. The van der Waals surface area contributed by atoms with Crippen molar-refractivity contribution in [3.05, 3.63) is 0 Å². The SMILES string of the molecule is CCC(C)(C)CC(C)(C)C(=O)OCS(=O)(=O)O. The van der Waals surface area contributed by atoms with Crippen LogP contribution in [0.3, 0.4) is 0 Å². The van der Waals surface area contributed by atoms with E-state index in [1.165, 1.54) is 0 Å². The maximum Gasteiger partial charge on any atom is 0.312 e. The predicted molar refractivity (Wildman–Crippen MR) is 65.0 cm³/mol. The molecule has 0 atom stereocenters. The van der Waals surface area contributed by atoms with Crippen LogP contribution >= 0.6 is 0 Å². The number of ether oxygens (including phenoxy) is 1. The largest absolute Gasteiger partial charge is 0.446 e. The number of esters is 1. The molecule has 0 unspecified atom stereocenters. The first-order valence-electron chi connectivity index (χ1n) is 5.52. The Labute approximate surface area is 103 Å². The lowest BCUT2D eigenvalue weighted by Gasteiger charge is -2.32. The Morgan fingerprint density at radius 3 is 2.06 bits per heavy atom. The summed E-state index contributed by atoms with van der Waals surface area (Å²) in [5.41, 5.74) is -0.801. The zero-order chi connectivity index (χ0) is 13.9. The minimum atomic E-state index is -4.27. The molecule has 0 saturated carbocycles. The van der Waals surface area contributed by atoms with E-state index in [-0.39, 0.29) is 5.41 Å². The molecule has 0 spiro atoms. The molecular formula is C11H22O5S. The summed E-state index contributed by atoms with van der Waals surface area (Å²) in [6.45, 7) is 9.50. The van der Waals surface area contributed by atoms with Crippen LogP contribution in [0.15, 0.2) is 0 Å². The Kier molecular flexibility index (Phi) is 5.16. The van der Waals surface area contributed by atoms with Crippen molar-refractivity contribution in [2.75, 3.05) is 5.94 Å². The molecule has 0 aliphatic rings. The zero-order valence-electron chi connectivity index (χ0n) is 11.1. The maximum absolute atomic E-state index is 11.7. The van der Waals surface area contributed by atoms with E-state index in [1.54, 1.807) is 13.8 Å². The van der Waals surface area contributed by atoms with Gasteiger partial charge in [-0.1, -0.05) is 27.2 Å². The number of carbonyl (C=O) groups is 1. The van der Waals surface area contributed by atoms with Gasteiger partial charge in [0.05, 0.1) is 5.41 Å². The molecule has 0 bridgehead atoms. The highest BCUT2D eigenvalue weighted by molar-refractivity contribution is 7.85. The van der Waals surface area contributed by atoms with Crippen LogP contribution in [0.1, 0.15) is 47.5 Å². The average molecular weight is 266 g/mol. The van der Waals surface area contributed by atoms with Gasteiger partial charge in [0.1, 0.15) is 0 Å². The third-order valence-corrected chi connectivity index (χ3v) is 3.18. The van der Waals surface area contributed by atoms with Gasteiger partial charge in [-0.2, -0.15) is 8.42 Å². The van der Waals surface area contributed by atoms with Crippen molar-refractivity contribution in [3.8, 4) is 0 Å². The number of hydrogen-bond donors (Lipinski definition) is 1. The minimum Gasteiger partial charge on any atom is -0.446 e. The third kappa shape index (κ3) is 6.63. The summed E-state index contributed by atoms with van der Waals surface area (Å²) >= 11 is 0. The van der Waals surface area contributed by atoms with E-state index in [4.69, 9.17) is 4.55 Å². The van der Waals surface area contributed by atoms with Crippen molar-refractivity contribution in [2.24, 2.45) is 10.8 Å².